The van der Waals surface area contributed by atoms with Crippen molar-refractivity contribution in [2.75, 3.05) is 7.11 Å². The number of ether oxygens (including phenoxy) is 2. The molecule has 0 saturated heterocycles. The van der Waals surface area contributed by atoms with Gasteiger partial charge in [0.05, 0.1) is 18.1 Å². The molecular weight excluding hydrogens is 349 g/mol. The molecule has 0 amide bonds. The first-order chi connectivity index (χ1) is 12.2. The Morgan fingerprint density at radius 2 is 2.12 bits per heavy atom. The number of halogens is 2. The lowest BCUT2D eigenvalue weighted by molar-refractivity contribution is 0.282. The lowest BCUT2D eigenvalue weighted by atomic mass is 10.1. The summed E-state index contributed by atoms with van der Waals surface area (Å²) in [6.07, 6.45) is 0. The molecule has 0 radical (unpaired) electrons. The van der Waals surface area contributed by atoms with E-state index in [1.54, 1.807) is 19.2 Å². The van der Waals surface area contributed by atoms with Crippen molar-refractivity contribution in [3.05, 3.63) is 63.7 Å². The number of hydrogen-bond acceptors (Lipinski definition) is 5. The van der Waals surface area contributed by atoms with Gasteiger partial charge in [-0.2, -0.15) is 0 Å². The zero-order chi connectivity index (χ0) is 17.6. The predicted molar refractivity (Wildman–Crippen MR) is 89.6 cm³/mol. The van der Waals surface area contributed by atoms with Gasteiger partial charge in [0.2, 0.25) is 0 Å². The van der Waals surface area contributed by atoms with Gasteiger partial charge in [-0.25, -0.2) is 4.39 Å². The number of hydrogen-bond donors (Lipinski definition) is 1. The van der Waals surface area contributed by atoms with Gasteiger partial charge >= 0.3 is 0 Å². The van der Waals surface area contributed by atoms with E-state index in [9.17, 15) is 4.39 Å². The molecule has 1 heterocycles. The normalized spacial score (nSPS) is 10.5. The quantitative estimate of drug-likeness (QED) is 0.691. The van der Waals surface area contributed by atoms with Gasteiger partial charge in [0.1, 0.15) is 12.4 Å². The Balaban J connectivity index is 1.78. The number of rotatable bonds is 7. The molecule has 25 heavy (non-hydrogen) atoms. The van der Waals surface area contributed by atoms with Gasteiger partial charge in [0.15, 0.2) is 11.5 Å². The Morgan fingerprint density at radius 1 is 1.24 bits per heavy atom. The molecule has 0 atom stereocenters. The monoisotopic (exact) mass is 362 g/mol. The van der Waals surface area contributed by atoms with Crippen LogP contribution in [0.5, 0.6) is 11.5 Å². The number of tetrazole rings is 1. The highest BCUT2D eigenvalue weighted by Crippen LogP contribution is 2.34. The molecule has 2 aromatic carbocycles. The summed E-state index contributed by atoms with van der Waals surface area (Å²) in [6.45, 7) is 0.442. The lowest BCUT2D eigenvalue weighted by Gasteiger charge is -2.17. The summed E-state index contributed by atoms with van der Waals surface area (Å²) in [4.78, 5) is 0. The van der Waals surface area contributed by atoms with E-state index >= 15 is 0 Å². The fourth-order valence-electron chi connectivity index (χ4n) is 2.18. The van der Waals surface area contributed by atoms with Crippen molar-refractivity contribution in [1.29, 1.82) is 0 Å². The molecule has 9 heteroatoms. The molecule has 0 saturated carbocycles. The van der Waals surface area contributed by atoms with Crippen LogP contribution >= 0.6 is 11.6 Å². The maximum Gasteiger partial charge on any atom is 0.165 e. The molecule has 0 unspecified atom stereocenters. The second-order valence-corrected chi connectivity index (χ2v) is 5.41. The molecule has 1 aromatic heterocycles. The van der Waals surface area contributed by atoms with Crippen LogP contribution in [0.15, 0.2) is 36.4 Å². The Bertz CT molecular complexity index is 845. The average Bonchev–Trinajstić information content (AvgIpc) is 3.13. The largest absolute Gasteiger partial charge is 0.493 e. The fraction of sp³-hybridized carbons (Fsp3) is 0.188. The molecule has 130 valence electrons. The molecule has 0 aliphatic carbocycles. The maximum absolute atomic E-state index is 13.2. The molecular formula is C16H14ClFN5O2-. The topological polar surface area (TPSA) is 87.0 Å². The van der Waals surface area contributed by atoms with Gasteiger partial charge in [-0.3, -0.25) is 15.4 Å². The van der Waals surface area contributed by atoms with Crippen LogP contribution in [0.2, 0.25) is 5.02 Å². The van der Waals surface area contributed by atoms with Crippen molar-refractivity contribution in [2.24, 2.45) is 0 Å². The fourth-order valence-corrected chi connectivity index (χ4v) is 2.40. The molecule has 0 bridgehead atoms. The number of aromatic amines is 1. The molecule has 0 aliphatic heterocycles. The summed E-state index contributed by atoms with van der Waals surface area (Å²) in [7, 11) is 1.55. The van der Waals surface area contributed by atoms with E-state index in [0.29, 0.717) is 22.1 Å². The van der Waals surface area contributed by atoms with Gasteiger partial charge in [-0.1, -0.05) is 29.8 Å². The molecule has 3 aromatic rings. The molecule has 1 N–H and O–H groups in total. The lowest BCUT2D eigenvalue weighted by Crippen LogP contribution is -2.02. The summed E-state index contributed by atoms with van der Waals surface area (Å²) in [5.74, 6) is 0.928. The Hall–Kier alpha value is -2.87. The van der Waals surface area contributed by atoms with Crippen molar-refractivity contribution in [1.82, 2.24) is 20.6 Å². The molecule has 0 spiro atoms. The number of nitrogens with zero attached hydrogens (tertiary/aromatic N) is 4. The number of methoxy groups -OCH3 is 1. The zero-order valence-corrected chi connectivity index (χ0v) is 14.0. The van der Waals surface area contributed by atoms with E-state index in [2.05, 4.69) is 25.9 Å². The number of aromatic nitrogens is 4. The van der Waals surface area contributed by atoms with E-state index in [-0.39, 0.29) is 19.1 Å². The standard InChI is InChI=1S/C16H14ClFN5O2/c1-24-14-4-2-3-10(8-19-16-20-22-23-21-16)15(14)25-9-11-5-6-12(18)7-13(11)17/h2-7H,8-9H2,1H3,(H-,19,20,21,22,23)/q-1. The first-order valence-corrected chi connectivity index (χ1v) is 7.68. The summed E-state index contributed by atoms with van der Waals surface area (Å²) < 4.78 is 24.4. The predicted octanol–water partition coefficient (Wildman–Crippen LogP) is 3.79. The molecule has 0 aliphatic rings. The average molecular weight is 363 g/mol. The highest BCUT2D eigenvalue weighted by molar-refractivity contribution is 6.31. The van der Waals surface area contributed by atoms with Gasteiger partial charge in [-0.15, -0.1) is 5.21 Å². The number of benzene rings is 2. The van der Waals surface area contributed by atoms with Gasteiger partial charge in [0, 0.05) is 17.7 Å². The highest BCUT2D eigenvalue weighted by Gasteiger charge is 2.11. The second kappa shape index (κ2) is 7.80. The van der Waals surface area contributed by atoms with Gasteiger partial charge in [-0.05, 0) is 18.2 Å². The third-order valence-corrected chi connectivity index (χ3v) is 3.74. The molecule has 3 rings (SSSR count). The van der Waals surface area contributed by atoms with Crippen molar-refractivity contribution in [2.45, 2.75) is 13.2 Å². The first kappa shape index (κ1) is 17.0. The summed E-state index contributed by atoms with van der Waals surface area (Å²) >= 11 is 6.04. The van der Waals surface area contributed by atoms with Crippen LogP contribution in [-0.2, 0) is 13.2 Å². The second-order valence-electron chi connectivity index (χ2n) is 5.00. The van der Waals surface area contributed by atoms with Gasteiger partial charge in [0.25, 0.3) is 0 Å². The smallest absolute Gasteiger partial charge is 0.165 e. The maximum atomic E-state index is 13.2. The van der Waals surface area contributed by atoms with Crippen LogP contribution in [0.3, 0.4) is 0 Å². The summed E-state index contributed by atoms with van der Waals surface area (Å²) in [5, 5.41) is 17.9. The summed E-state index contributed by atoms with van der Waals surface area (Å²) in [6, 6.07) is 9.62. The number of para-hydroxylation sites is 1. The van der Waals surface area contributed by atoms with Crippen molar-refractivity contribution < 1.29 is 13.9 Å². The van der Waals surface area contributed by atoms with E-state index in [1.807, 2.05) is 12.1 Å². The van der Waals surface area contributed by atoms with Crippen LogP contribution in [0, 0.1) is 5.82 Å². The molecule has 7 nitrogen and oxygen atoms in total. The first-order valence-electron chi connectivity index (χ1n) is 7.31. The molecule has 0 fully saturated rings. The van der Waals surface area contributed by atoms with Crippen LogP contribution in [0.4, 0.5) is 10.3 Å². The number of H-pyrrole nitrogens is 1. The van der Waals surface area contributed by atoms with Crippen LogP contribution in [0.25, 0.3) is 5.32 Å². The van der Waals surface area contributed by atoms with Gasteiger partial charge < -0.3 is 14.8 Å². The minimum atomic E-state index is -0.398. The van der Waals surface area contributed by atoms with Crippen molar-refractivity contribution in [3.8, 4) is 11.5 Å². The summed E-state index contributed by atoms with van der Waals surface area (Å²) in [5.41, 5.74) is 1.44. The Kier molecular flexibility index (Phi) is 5.30. The zero-order valence-electron chi connectivity index (χ0n) is 13.2. The third-order valence-electron chi connectivity index (χ3n) is 3.39. The Labute approximate surface area is 148 Å². The SMILES string of the molecule is COc1cccc(C[N-]c2nn[nH]n2)c1OCc1ccc(F)cc1Cl. The van der Waals surface area contributed by atoms with E-state index in [0.717, 1.165) is 5.56 Å². The van der Waals surface area contributed by atoms with Crippen LogP contribution in [-0.4, -0.2) is 27.7 Å². The Morgan fingerprint density at radius 3 is 2.84 bits per heavy atom. The van der Waals surface area contributed by atoms with E-state index in [4.69, 9.17) is 21.1 Å². The van der Waals surface area contributed by atoms with Crippen LogP contribution < -0.4 is 9.47 Å². The van der Waals surface area contributed by atoms with Crippen molar-refractivity contribution >= 4 is 17.5 Å². The van der Waals surface area contributed by atoms with E-state index in [1.165, 1.54) is 12.1 Å². The van der Waals surface area contributed by atoms with Crippen LogP contribution in [0.1, 0.15) is 11.1 Å². The third kappa shape index (κ3) is 4.16. The van der Waals surface area contributed by atoms with E-state index < -0.39 is 5.82 Å². The minimum Gasteiger partial charge on any atom is -0.493 e. The minimum absolute atomic E-state index is 0.161. The highest BCUT2D eigenvalue weighted by atomic mass is 35.5. The number of nitrogens with one attached hydrogen (secondary N) is 1. The van der Waals surface area contributed by atoms with Crippen molar-refractivity contribution in [3.63, 3.8) is 0 Å².